The molecule has 1 aromatic rings. The number of phenols is 2. The standard InChI is InChI=1S/C10H12N2O2/c11-5-2-6-12-7-8-3-1-4-9(13)10(8)14/h1,3-4,12-14H,2,6-7H2. The van der Waals surface area contributed by atoms with Crippen molar-refractivity contribution in [3.05, 3.63) is 23.8 Å². The van der Waals surface area contributed by atoms with Crippen LogP contribution in [0.3, 0.4) is 0 Å². The molecule has 0 aliphatic heterocycles. The summed E-state index contributed by atoms with van der Waals surface area (Å²) in [6, 6.07) is 6.81. The Morgan fingerprint density at radius 2 is 2.14 bits per heavy atom. The van der Waals surface area contributed by atoms with Gasteiger partial charge in [0.2, 0.25) is 0 Å². The number of nitrogens with zero attached hydrogens (tertiary/aromatic N) is 1. The zero-order valence-corrected chi connectivity index (χ0v) is 7.70. The Balaban J connectivity index is 2.51. The average molecular weight is 192 g/mol. The number of aromatic hydroxyl groups is 2. The maximum absolute atomic E-state index is 9.40. The molecule has 74 valence electrons. The van der Waals surface area contributed by atoms with Crippen LogP contribution < -0.4 is 5.32 Å². The highest BCUT2D eigenvalue weighted by molar-refractivity contribution is 5.44. The number of benzene rings is 1. The van der Waals surface area contributed by atoms with Gasteiger partial charge in [-0.1, -0.05) is 12.1 Å². The molecule has 0 atom stereocenters. The molecule has 0 saturated carbocycles. The number of phenolic OH excluding ortho intramolecular Hbond substituents is 2. The summed E-state index contributed by atoms with van der Waals surface area (Å²) >= 11 is 0. The number of hydrogen-bond donors (Lipinski definition) is 3. The maximum Gasteiger partial charge on any atom is 0.161 e. The molecule has 0 fully saturated rings. The van der Waals surface area contributed by atoms with Crippen molar-refractivity contribution in [2.75, 3.05) is 6.54 Å². The van der Waals surface area contributed by atoms with Crippen molar-refractivity contribution in [2.45, 2.75) is 13.0 Å². The van der Waals surface area contributed by atoms with Crippen LogP contribution in [0.25, 0.3) is 0 Å². The Morgan fingerprint density at radius 3 is 2.86 bits per heavy atom. The lowest BCUT2D eigenvalue weighted by molar-refractivity contribution is 0.398. The number of hydrogen-bond acceptors (Lipinski definition) is 4. The molecule has 0 bridgehead atoms. The molecule has 1 rings (SSSR count). The van der Waals surface area contributed by atoms with Gasteiger partial charge in [0.05, 0.1) is 6.07 Å². The lowest BCUT2D eigenvalue weighted by Gasteiger charge is -2.06. The van der Waals surface area contributed by atoms with Gasteiger partial charge in [0, 0.05) is 25.1 Å². The molecule has 0 aliphatic rings. The molecule has 0 saturated heterocycles. The van der Waals surface area contributed by atoms with E-state index < -0.39 is 0 Å². The highest BCUT2D eigenvalue weighted by atomic mass is 16.3. The first-order valence-corrected chi connectivity index (χ1v) is 4.33. The van der Waals surface area contributed by atoms with Crippen LogP contribution in [0.2, 0.25) is 0 Å². The minimum atomic E-state index is -0.121. The van der Waals surface area contributed by atoms with Gasteiger partial charge < -0.3 is 15.5 Å². The van der Waals surface area contributed by atoms with Crippen LogP contribution in [0.1, 0.15) is 12.0 Å². The smallest absolute Gasteiger partial charge is 0.161 e. The van der Waals surface area contributed by atoms with E-state index in [0.717, 1.165) is 0 Å². The lowest BCUT2D eigenvalue weighted by Crippen LogP contribution is -2.14. The van der Waals surface area contributed by atoms with Crippen molar-refractivity contribution in [3.63, 3.8) is 0 Å². The summed E-state index contributed by atoms with van der Waals surface area (Å²) in [6.07, 6.45) is 0.430. The summed E-state index contributed by atoms with van der Waals surface area (Å²) in [5.74, 6) is -0.221. The van der Waals surface area contributed by atoms with Gasteiger partial charge in [0.25, 0.3) is 0 Å². The highest BCUT2D eigenvalue weighted by Crippen LogP contribution is 2.27. The van der Waals surface area contributed by atoms with Crippen LogP contribution in [0, 0.1) is 11.3 Å². The third kappa shape index (κ3) is 2.64. The zero-order valence-electron chi connectivity index (χ0n) is 7.70. The third-order valence-electron chi connectivity index (χ3n) is 1.83. The van der Waals surface area contributed by atoms with Crippen LogP contribution in [-0.4, -0.2) is 16.8 Å². The van der Waals surface area contributed by atoms with E-state index >= 15 is 0 Å². The third-order valence-corrected chi connectivity index (χ3v) is 1.83. The van der Waals surface area contributed by atoms with Crippen LogP contribution in [0.4, 0.5) is 0 Å². The molecular weight excluding hydrogens is 180 g/mol. The normalized spacial score (nSPS) is 9.64. The summed E-state index contributed by atoms with van der Waals surface area (Å²) in [6.45, 7) is 1.02. The molecule has 0 heterocycles. The monoisotopic (exact) mass is 192 g/mol. The van der Waals surface area contributed by atoms with Gasteiger partial charge in [0.15, 0.2) is 11.5 Å². The van der Waals surface area contributed by atoms with Gasteiger partial charge in [-0.2, -0.15) is 5.26 Å². The van der Waals surface area contributed by atoms with Gasteiger partial charge in [-0.25, -0.2) is 0 Å². The summed E-state index contributed by atoms with van der Waals surface area (Å²) in [5, 5.41) is 29.8. The Morgan fingerprint density at radius 1 is 1.36 bits per heavy atom. The molecule has 0 radical (unpaired) electrons. The van der Waals surface area contributed by atoms with E-state index in [1.165, 1.54) is 6.07 Å². The van der Waals surface area contributed by atoms with Gasteiger partial charge in [-0.3, -0.25) is 0 Å². The van der Waals surface area contributed by atoms with Crippen molar-refractivity contribution in [1.29, 1.82) is 5.26 Å². The van der Waals surface area contributed by atoms with Crippen LogP contribution in [0.15, 0.2) is 18.2 Å². The lowest BCUT2D eigenvalue weighted by atomic mass is 10.2. The Labute approximate surface area is 82.4 Å². The number of nitrogens with one attached hydrogen (secondary N) is 1. The van der Waals surface area contributed by atoms with E-state index in [-0.39, 0.29) is 11.5 Å². The Bertz CT molecular complexity index is 344. The van der Waals surface area contributed by atoms with Crippen LogP contribution >= 0.6 is 0 Å². The molecule has 0 aromatic heterocycles. The minimum absolute atomic E-state index is 0.100. The van der Waals surface area contributed by atoms with Crippen molar-refractivity contribution in [3.8, 4) is 17.6 Å². The molecule has 4 heteroatoms. The van der Waals surface area contributed by atoms with Crippen molar-refractivity contribution >= 4 is 0 Å². The topological polar surface area (TPSA) is 76.3 Å². The first-order valence-electron chi connectivity index (χ1n) is 4.33. The fraction of sp³-hybridized carbons (Fsp3) is 0.300. The summed E-state index contributed by atoms with van der Waals surface area (Å²) < 4.78 is 0. The first-order chi connectivity index (χ1) is 6.75. The van der Waals surface area contributed by atoms with E-state index in [2.05, 4.69) is 5.32 Å². The predicted molar refractivity (Wildman–Crippen MR) is 51.7 cm³/mol. The van der Waals surface area contributed by atoms with E-state index in [0.29, 0.717) is 25.1 Å². The minimum Gasteiger partial charge on any atom is -0.504 e. The Hall–Kier alpha value is -1.73. The van der Waals surface area contributed by atoms with Gasteiger partial charge in [-0.05, 0) is 6.07 Å². The number of nitriles is 1. The highest BCUT2D eigenvalue weighted by Gasteiger charge is 2.04. The van der Waals surface area contributed by atoms with Gasteiger partial charge >= 0.3 is 0 Å². The van der Waals surface area contributed by atoms with E-state index in [1.54, 1.807) is 12.1 Å². The van der Waals surface area contributed by atoms with Crippen molar-refractivity contribution in [1.82, 2.24) is 5.32 Å². The molecule has 0 amide bonds. The summed E-state index contributed by atoms with van der Waals surface area (Å²) in [5.41, 5.74) is 0.628. The van der Waals surface area contributed by atoms with Gasteiger partial charge in [-0.15, -0.1) is 0 Å². The second kappa shape index (κ2) is 5.10. The van der Waals surface area contributed by atoms with Crippen molar-refractivity contribution < 1.29 is 10.2 Å². The fourth-order valence-corrected chi connectivity index (χ4v) is 1.09. The number of para-hydroxylation sites is 1. The SMILES string of the molecule is N#CCCNCc1cccc(O)c1O. The molecule has 3 N–H and O–H groups in total. The van der Waals surface area contributed by atoms with Crippen LogP contribution in [0.5, 0.6) is 11.5 Å². The maximum atomic E-state index is 9.40. The molecule has 0 unspecified atom stereocenters. The summed E-state index contributed by atoms with van der Waals surface area (Å²) in [7, 11) is 0. The fourth-order valence-electron chi connectivity index (χ4n) is 1.09. The first kappa shape index (κ1) is 10.4. The predicted octanol–water partition coefficient (Wildman–Crippen LogP) is 1.10. The zero-order chi connectivity index (χ0) is 10.4. The van der Waals surface area contributed by atoms with Crippen molar-refractivity contribution in [2.24, 2.45) is 0 Å². The quantitative estimate of drug-likeness (QED) is 0.493. The van der Waals surface area contributed by atoms with E-state index in [1.807, 2.05) is 6.07 Å². The van der Waals surface area contributed by atoms with E-state index in [4.69, 9.17) is 5.26 Å². The average Bonchev–Trinajstić information content (AvgIpc) is 2.19. The second-order valence-corrected chi connectivity index (χ2v) is 2.87. The molecular formula is C10H12N2O2. The molecule has 1 aromatic carbocycles. The largest absolute Gasteiger partial charge is 0.504 e. The van der Waals surface area contributed by atoms with E-state index in [9.17, 15) is 10.2 Å². The van der Waals surface area contributed by atoms with Crippen LogP contribution in [-0.2, 0) is 6.54 Å². The summed E-state index contributed by atoms with van der Waals surface area (Å²) in [4.78, 5) is 0. The molecule has 0 aliphatic carbocycles. The number of rotatable bonds is 4. The second-order valence-electron chi connectivity index (χ2n) is 2.87. The molecule has 0 spiro atoms. The van der Waals surface area contributed by atoms with Gasteiger partial charge in [0.1, 0.15) is 0 Å². The Kier molecular flexibility index (Phi) is 3.77. The molecule has 14 heavy (non-hydrogen) atoms. The molecule has 4 nitrogen and oxygen atoms in total.